The van der Waals surface area contributed by atoms with Crippen molar-refractivity contribution in [3.05, 3.63) is 11.6 Å². The summed E-state index contributed by atoms with van der Waals surface area (Å²) in [6.07, 6.45) is 5.88. The van der Waals surface area contributed by atoms with Crippen LogP contribution in [-0.4, -0.2) is 22.8 Å². The molecule has 0 aliphatic carbocycles. The second-order valence-electron chi connectivity index (χ2n) is 2.96. The molecule has 0 amide bonds. The van der Waals surface area contributed by atoms with Crippen LogP contribution >= 0.6 is 0 Å². The smallest absolute Gasteiger partial charge is 0.331 e. The number of aliphatic hydroxyl groups is 1. The average molecular weight is 186 g/mol. The van der Waals surface area contributed by atoms with Gasteiger partial charge in [-0.25, -0.2) is 4.79 Å². The van der Waals surface area contributed by atoms with Gasteiger partial charge in [0.25, 0.3) is 0 Å². The molecule has 0 atom stereocenters. The minimum atomic E-state index is -0.815. The summed E-state index contributed by atoms with van der Waals surface area (Å²) in [6.45, 7) is 2.07. The maximum Gasteiger partial charge on any atom is 0.331 e. The number of carboxylic acid groups (broad SMARTS) is 1. The Balaban J connectivity index is 3.61. The van der Waals surface area contributed by atoms with E-state index >= 15 is 0 Å². The number of aliphatic carboxylic acids is 1. The van der Waals surface area contributed by atoms with Crippen molar-refractivity contribution in [2.45, 2.75) is 39.0 Å². The summed E-state index contributed by atoms with van der Waals surface area (Å²) >= 11 is 0. The molecular weight excluding hydrogens is 168 g/mol. The number of allylic oxidation sites excluding steroid dienone is 1. The summed E-state index contributed by atoms with van der Waals surface area (Å²) in [5, 5.41) is 17.2. The molecule has 2 N–H and O–H groups in total. The number of unbranched alkanes of at least 4 members (excludes halogenated alkanes) is 3. The number of hydrogen-bond acceptors (Lipinski definition) is 2. The van der Waals surface area contributed by atoms with Gasteiger partial charge in [0.1, 0.15) is 0 Å². The lowest BCUT2D eigenvalue weighted by atomic mass is 10.1. The Hall–Kier alpha value is -0.830. The van der Waals surface area contributed by atoms with E-state index in [-0.39, 0.29) is 6.61 Å². The van der Waals surface area contributed by atoms with E-state index < -0.39 is 5.97 Å². The molecule has 0 aromatic carbocycles. The van der Waals surface area contributed by atoms with Crippen LogP contribution in [-0.2, 0) is 4.79 Å². The predicted molar refractivity (Wildman–Crippen MR) is 51.6 cm³/mol. The van der Waals surface area contributed by atoms with Gasteiger partial charge in [0.15, 0.2) is 0 Å². The first-order valence-corrected chi connectivity index (χ1v) is 4.75. The van der Waals surface area contributed by atoms with Crippen LogP contribution in [0.1, 0.15) is 39.0 Å². The highest BCUT2D eigenvalue weighted by molar-refractivity contribution is 5.86. The van der Waals surface area contributed by atoms with E-state index in [9.17, 15) is 4.79 Å². The molecule has 0 aromatic rings. The minimum absolute atomic E-state index is 0.225. The Morgan fingerprint density at radius 2 is 2.00 bits per heavy atom. The normalized spacial score (nSPS) is 11.7. The first-order valence-electron chi connectivity index (χ1n) is 4.75. The third-order valence-electron chi connectivity index (χ3n) is 1.91. The second-order valence-corrected chi connectivity index (χ2v) is 2.96. The minimum Gasteiger partial charge on any atom is -0.478 e. The maximum atomic E-state index is 10.5. The largest absolute Gasteiger partial charge is 0.478 e. The monoisotopic (exact) mass is 186 g/mol. The van der Waals surface area contributed by atoms with Gasteiger partial charge in [-0.15, -0.1) is 0 Å². The fourth-order valence-corrected chi connectivity index (χ4v) is 1.09. The van der Waals surface area contributed by atoms with Crippen molar-refractivity contribution in [1.82, 2.24) is 0 Å². The van der Waals surface area contributed by atoms with Crippen LogP contribution < -0.4 is 0 Å². The molecule has 0 fully saturated rings. The highest BCUT2D eigenvalue weighted by atomic mass is 16.4. The lowest BCUT2D eigenvalue weighted by molar-refractivity contribution is -0.132. The number of rotatable bonds is 7. The molecule has 76 valence electrons. The van der Waals surface area contributed by atoms with Gasteiger partial charge in [-0.3, -0.25) is 0 Å². The van der Waals surface area contributed by atoms with E-state index in [1.807, 2.05) is 6.92 Å². The Bertz CT molecular complexity index is 173. The van der Waals surface area contributed by atoms with Gasteiger partial charge in [-0.05, 0) is 25.7 Å². The molecule has 0 bridgehead atoms. The fraction of sp³-hybridized carbons (Fsp3) is 0.700. The van der Waals surface area contributed by atoms with Crippen molar-refractivity contribution in [2.75, 3.05) is 6.61 Å². The lowest BCUT2D eigenvalue weighted by Crippen LogP contribution is -1.98. The van der Waals surface area contributed by atoms with E-state index in [0.717, 1.165) is 25.7 Å². The summed E-state index contributed by atoms with van der Waals surface area (Å²) < 4.78 is 0. The van der Waals surface area contributed by atoms with Crippen molar-refractivity contribution in [3.63, 3.8) is 0 Å². The van der Waals surface area contributed by atoms with Gasteiger partial charge < -0.3 is 10.2 Å². The van der Waals surface area contributed by atoms with Gasteiger partial charge in [0.2, 0.25) is 0 Å². The van der Waals surface area contributed by atoms with E-state index in [4.69, 9.17) is 10.2 Å². The highest BCUT2D eigenvalue weighted by Gasteiger charge is 2.02. The maximum absolute atomic E-state index is 10.5. The molecule has 0 aliphatic rings. The molecule has 0 radical (unpaired) electrons. The third kappa shape index (κ3) is 6.34. The van der Waals surface area contributed by atoms with E-state index in [1.54, 1.807) is 6.08 Å². The molecule has 0 aromatic heterocycles. The molecule has 0 aliphatic heterocycles. The second kappa shape index (κ2) is 7.80. The van der Waals surface area contributed by atoms with Crippen LogP contribution in [0.3, 0.4) is 0 Å². The van der Waals surface area contributed by atoms with Crippen LogP contribution in [0.5, 0.6) is 0 Å². The summed E-state index contributed by atoms with van der Waals surface area (Å²) in [5.41, 5.74) is 0.490. The van der Waals surface area contributed by atoms with Crippen molar-refractivity contribution >= 4 is 5.97 Å². The standard InChI is InChI=1S/C10H18O3/c1-2-9(10(12)13)7-5-3-4-6-8-11/h7,11H,2-6,8H2,1H3,(H,12,13). The summed E-state index contributed by atoms with van der Waals surface area (Å²) in [4.78, 5) is 10.5. The molecule has 3 nitrogen and oxygen atoms in total. The summed E-state index contributed by atoms with van der Waals surface area (Å²) in [7, 11) is 0. The molecular formula is C10H18O3. The fourth-order valence-electron chi connectivity index (χ4n) is 1.09. The average Bonchev–Trinajstić information content (AvgIpc) is 2.10. The van der Waals surface area contributed by atoms with Crippen LogP contribution in [0, 0.1) is 0 Å². The molecule has 0 spiro atoms. The number of carbonyl (C=O) groups is 1. The van der Waals surface area contributed by atoms with E-state index in [2.05, 4.69) is 0 Å². The third-order valence-corrected chi connectivity index (χ3v) is 1.91. The Kier molecular flexibility index (Phi) is 7.30. The SMILES string of the molecule is CCC(=CCCCCCO)C(=O)O. The van der Waals surface area contributed by atoms with Gasteiger partial charge >= 0.3 is 5.97 Å². The highest BCUT2D eigenvalue weighted by Crippen LogP contribution is 2.06. The Morgan fingerprint density at radius 3 is 2.46 bits per heavy atom. The Labute approximate surface area is 79.1 Å². The molecule has 13 heavy (non-hydrogen) atoms. The molecule has 3 heteroatoms. The van der Waals surface area contributed by atoms with Gasteiger partial charge in [0.05, 0.1) is 0 Å². The van der Waals surface area contributed by atoms with Gasteiger partial charge in [-0.1, -0.05) is 19.4 Å². The van der Waals surface area contributed by atoms with Crippen molar-refractivity contribution in [1.29, 1.82) is 0 Å². The quantitative estimate of drug-likeness (QED) is 0.472. The lowest BCUT2D eigenvalue weighted by Gasteiger charge is -1.98. The van der Waals surface area contributed by atoms with E-state index in [0.29, 0.717) is 12.0 Å². The predicted octanol–water partition coefficient (Wildman–Crippen LogP) is 1.96. The first-order chi connectivity index (χ1) is 6.22. The summed E-state index contributed by atoms with van der Waals surface area (Å²) in [5.74, 6) is -0.815. The Morgan fingerprint density at radius 1 is 1.31 bits per heavy atom. The van der Waals surface area contributed by atoms with Crippen LogP contribution in [0.4, 0.5) is 0 Å². The molecule has 0 rings (SSSR count). The zero-order valence-corrected chi connectivity index (χ0v) is 8.12. The van der Waals surface area contributed by atoms with Crippen molar-refractivity contribution < 1.29 is 15.0 Å². The van der Waals surface area contributed by atoms with E-state index in [1.165, 1.54) is 0 Å². The zero-order valence-electron chi connectivity index (χ0n) is 8.12. The molecule has 0 unspecified atom stereocenters. The van der Waals surface area contributed by atoms with Crippen LogP contribution in [0.15, 0.2) is 11.6 Å². The topological polar surface area (TPSA) is 57.5 Å². The van der Waals surface area contributed by atoms with Gasteiger partial charge in [-0.2, -0.15) is 0 Å². The summed E-state index contributed by atoms with van der Waals surface area (Å²) in [6, 6.07) is 0. The molecule has 0 saturated heterocycles. The number of aliphatic hydroxyl groups excluding tert-OH is 1. The molecule has 0 saturated carbocycles. The van der Waals surface area contributed by atoms with Crippen molar-refractivity contribution in [3.8, 4) is 0 Å². The van der Waals surface area contributed by atoms with Crippen molar-refractivity contribution in [2.24, 2.45) is 0 Å². The number of carboxylic acids is 1. The van der Waals surface area contributed by atoms with Crippen LogP contribution in [0.25, 0.3) is 0 Å². The first kappa shape index (κ1) is 12.2. The zero-order chi connectivity index (χ0) is 10.1. The number of hydrogen-bond donors (Lipinski definition) is 2. The molecule has 0 heterocycles. The van der Waals surface area contributed by atoms with Crippen LogP contribution in [0.2, 0.25) is 0 Å². The van der Waals surface area contributed by atoms with Gasteiger partial charge in [0, 0.05) is 12.2 Å².